The van der Waals surface area contributed by atoms with E-state index in [1.807, 2.05) is 60.8 Å². The molecule has 0 fully saturated rings. The van der Waals surface area contributed by atoms with Gasteiger partial charge in [0.15, 0.2) is 5.69 Å². The van der Waals surface area contributed by atoms with E-state index in [9.17, 15) is 4.79 Å². The van der Waals surface area contributed by atoms with Crippen molar-refractivity contribution in [2.45, 2.75) is 16.5 Å². The third kappa shape index (κ3) is 4.52. The Labute approximate surface area is 174 Å². The molecule has 0 saturated carbocycles. The number of carbonyl (C=O) groups excluding carboxylic acids is 1. The lowest BCUT2D eigenvalue weighted by molar-refractivity contribution is 0.102. The van der Waals surface area contributed by atoms with Gasteiger partial charge >= 0.3 is 0 Å². The van der Waals surface area contributed by atoms with Crippen molar-refractivity contribution < 1.29 is 4.79 Å². The van der Waals surface area contributed by atoms with Gasteiger partial charge in [0, 0.05) is 22.2 Å². The maximum absolute atomic E-state index is 12.7. The molecular formula is C20H16BrN5OS. The molecule has 2 aromatic heterocycles. The quantitative estimate of drug-likeness (QED) is 0.457. The van der Waals surface area contributed by atoms with Gasteiger partial charge in [0.2, 0.25) is 0 Å². The Morgan fingerprint density at radius 1 is 1.04 bits per heavy atom. The second kappa shape index (κ2) is 8.45. The summed E-state index contributed by atoms with van der Waals surface area (Å²) in [5.74, 6) is -0.249. The Morgan fingerprint density at radius 3 is 2.61 bits per heavy atom. The molecule has 0 radical (unpaired) electrons. The molecule has 4 aromatic rings. The molecule has 4 rings (SSSR count). The van der Waals surface area contributed by atoms with Crippen LogP contribution in [0.1, 0.15) is 10.5 Å². The standard InChI is InChI=1S/C20H16BrN5OS/c21-15-12-22-26(13-15)14-25-11-10-18(24-25)20(27)23-17-8-4-5-9-19(17)28-16-6-2-1-3-7-16/h1-13H,14H2,(H,23,27). The van der Waals surface area contributed by atoms with Crippen LogP contribution in [0, 0.1) is 0 Å². The molecule has 0 bridgehead atoms. The number of hydrogen-bond acceptors (Lipinski definition) is 4. The molecule has 1 amide bonds. The number of carbonyl (C=O) groups is 1. The highest BCUT2D eigenvalue weighted by Gasteiger charge is 2.13. The van der Waals surface area contributed by atoms with Gasteiger partial charge in [0.1, 0.15) is 6.67 Å². The lowest BCUT2D eigenvalue weighted by Crippen LogP contribution is -2.15. The van der Waals surface area contributed by atoms with Crippen LogP contribution in [0.15, 0.2) is 93.5 Å². The normalized spacial score (nSPS) is 10.8. The van der Waals surface area contributed by atoms with Gasteiger partial charge in [0.05, 0.1) is 16.4 Å². The summed E-state index contributed by atoms with van der Waals surface area (Å²) < 4.78 is 4.29. The molecular weight excluding hydrogens is 438 g/mol. The molecule has 0 unspecified atom stereocenters. The van der Waals surface area contributed by atoms with Crippen molar-refractivity contribution >= 4 is 39.3 Å². The molecule has 0 spiro atoms. The van der Waals surface area contributed by atoms with E-state index >= 15 is 0 Å². The second-order valence-electron chi connectivity index (χ2n) is 5.95. The number of nitrogens with one attached hydrogen (secondary N) is 1. The summed E-state index contributed by atoms with van der Waals surface area (Å²) in [6.07, 6.45) is 5.31. The highest BCUT2D eigenvalue weighted by Crippen LogP contribution is 2.33. The Balaban J connectivity index is 1.47. The van der Waals surface area contributed by atoms with Crippen LogP contribution in [0.3, 0.4) is 0 Å². The molecule has 0 aliphatic carbocycles. The summed E-state index contributed by atoms with van der Waals surface area (Å²) in [7, 11) is 0. The molecule has 0 aliphatic rings. The monoisotopic (exact) mass is 453 g/mol. The molecule has 8 heteroatoms. The van der Waals surface area contributed by atoms with E-state index in [0.717, 1.165) is 20.0 Å². The van der Waals surface area contributed by atoms with E-state index in [1.165, 1.54) is 0 Å². The number of benzene rings is 2. The Kier molecular flexibility index (Phi) is 5.59. The summed E-state index contributed by atoms with van der Waals surface area (Å²) in [4.78, 5) is 14.7. The second-order valence-corrected chi connectivity index (χ2v) is 7.98. The van der Waals surface area contributed by atoms with Crippen LogP contribution in [-0.4, -0.2) is 25.5 Å². The van der Waals surface area contributed by atoms with Crippen molar-refractivity contribution in [3.05, 3.63) is 89.4 Å². The summed E-state index contributed by atoms with van der Waals surface area (Å²) >= 11 is 4.97. The van der Waals surface area contributed by atoms with Crippen LogP contribution in [-0.2, 0) is 6.67 Å². The van der Waals surface area contributed by atoms with Crippen LogP contribution in [0.2, 0.25) is 0 Å². The average molecular weight is 454 g/mol. The zero-order valence-corrected chi connectivity index (χ0v) is 17.1. The topological polar surface area (TPSA) is 64.7 Å². The van der Waals surface area contributed by atoms with Crippen LogP contribution < -0.4 is 5.32 Å². The first-order valence-electron chi connectivity index (χ1n) is 8.52. The van der Waals surface area contributed by atoms with Crippen molar-refractivity contribution in [1.29, 1.82) is 0 Å². The van der Waals surface area contributed by atoms with Gasteiger partial charge in [-0.05, 0) is 46.3 Å². The van der Waals surface area contributed by atoms with E-state index in [1.54, 1.807) is 39.6 Å². The van der Waals surface area contributed by atoms with Crippen LogP contribution in [0.4, 0.5) is 5.69 Å². The van der Waals surface area contributed by atoms with E-state index in [0.29, 0.717) is 12.4 Å². The summed E-state index contributed by atoms with van der Waals surface area (Å²) in [5.41, 5.74) is 1.11. The molecule has 6 nitrogen and oxygen atoms in total. The number of anilines is 1. The third-order valence-corrected chi connectivity index (χ3v) is 5.36. The fourth-order valence-electron chi connectivity index (χ4n) is 2.59. The molecule has 2 aromatic carbocycles. The highest BCUT2D eigenvalue weighted by atomic mass is 79.9. The van der Waals surface area contributed by atoms with Gasteiger partial charge in [0.25, 0.3) is 5.91 Å². The van der Waals surface area contributed by atoms with Crippen LogP contribution in [0.25, 0.3) is 0 Å². The lowest BCUT2D eigenvalue weighted by Gasteiger charge is -2.10. The van der Waals surface area contributed by atoms with Gasteiger partial charge < -0.3 is 5.32 Å². The highest BCUT2D eigenvalue weighted by molar-refractivity contribution is 9.10. The molecule has 0 saturated heterocycles. The predicted molar refractivity (Wildman–Crippen MR) is 113 cm³/mol. The lowest BCUT2D eigenvalue weighted by atomic mass is 10.3. The van der Waals surface area contributed by atoms with E-state index < -0.39 is 0 Å². The number of hydrogen-bond donors (Lipinski definition) is 1. The summed E-state index contributed by atoms with van der Waals surface area (Å²) in [5, 5.41) is 11.5. The van der Waals surface area contributed by atoms with Crippen molar-refractivity contribution in [3.63, 3.8) is 0 Å². The molecule has 0 atom stereocenters. The van der Waals surface area contributed by atoms with Crippen LogP contribution >= 0.6 is 27.7 Å². The van der Waals surface area contributed by atoms with Gasteiger partial charge in [-0.25, -0.2) is 4.68 Å². The Morgan fingerprint density at radius 2 is 1.82 bits per heavy atom. The Bertz CT molecular complexity index is 1090. The first-order chi connectivity index (χ1) is 13.7. The summed E-state index contributed by atoms with van der Waals surface area (Å²) in [6, 6.07) is 19.5. The predicted octanol–water partition coefficient (Wildman–Crippen LogP) is 4.75. The van der Waals surface area contributed by atoms with Gasteiger partial charge in [-0.1, -0.05) is 42.1 Å². The summed E-state index contributed by atoms with van der Waals surface area (Å²) in [6.45, 7) is 0.430. The number of rotatable bonds is 6. The third-order valence-electron chi connectivity index (χ3n) is 3.87. The number of halogens is 1. The minimum absolute atomic E-state index is 0.249. The van der Waals surface area contributed by atoms with Gasteiger partial charge in [-0.3, -0.25) is 9.48 Å². The first-order valence-corrected chi connectivity index (χ1v) is 10.1. The van der Waals surface area contributed by atoms with Crippen LogP contribution in [0.5, 0.6) is 0 Å². The molecule has 1 N–H and O–H groups in total. The minimum Gasteiger partial charge on any atom is -0.320 e. The average Bonchev–Trinajstić information content (AvgIpc) is 3.33. The zero-order valence-electron chi connectivity index (χ0n) is 14.7. The Hall–Kier alpha value is -2.84. The van der Waals surface area contributed by atoms with E-state index in [4.69, 9.17) is 0 Å². The maximum Gasteiger partial charge on any atom is 0.276 e. The molecule has 140 valence electrons. The molecule has 2 heterocycles. The van der Waals surface area contributed by atoms with Crippen molar-refractivity contribution in [3.8, 4) is 0 Å². The van der Waals surface area contributed by atoms with Gasteiger partial charge in [-0.2, -0.15) is 10.2 Å². The van der Waals surface area contributed by atoms with Gasteiger partial charge in [-0.15, -0.1) is 0 Å². The largest absolute Gasteiger partial charge is 0.320 e. The smallest absolute Gasteiger partial charge is 0.276 e. The minimum atomic E-state index is -0.249. The number of aromatic nitrogens is 4. The van der Waals surface area contributed by atoms with E-state index in [2.05, 4.69) is 31.4 Å². The maximum atomic E-state index is 12.7. The number of para-hydroxylation sites is 1. The van der Waals surface area contributed by atoms with Crippen molar-refractivity contribution in [2.75, 3.05) is 5.32 Å². The fraction of sp³-hybridized carbons (Fsp3) is 0.0500. The number of amides is 1. The molecule has 0 aliphatic heterocycles. The number of nitrogens with zero attached hydrogens (tertiary/aromatic N) is 4. The fourth-order valence-corrected chi connectivity index (χ4v) is 3.84. The SMILES string of the molecule is O=C(Nc1ccccc1Sc1ccccc1)c1ccn(Cn2cc(Br)cn2)n1. The van der Waals surface area contributed by atoms with Crippen molar-refractivity contribution in [1.82, 2.24) is 19.6 Å². The van der Waals surface area contributed by atoms with Crippen molar-refractivity contribution in [2.24, 2.45) is 0 Å². The van der Waals surface area contributed by atoms with E-state index in [-0.39, 0.29) is 5.91 Å². The molecule has 28 heavy (non-hydrogen) atoms. The first kappa shape index (κ1) is 18.5. The zero-order chi connectivity index (χ0) is 19.3.